The summed E-state index contributed by atoms with van der Waals surface area (Å²) in [5.41, 5.74) is 0.942. The topological polar surface area (TPSA) is 35.0 Å². The molecule has 0 spiro atoms. The number of benzene rings is 1. The second-order valence-corrected chi connectivity index (χ2v) is 4.69. The van der Waals surface area contributed by atoms with Gasteiger partial charge in [-0.3, -0.25) is 0 Å². The minimum absolute atomic E-state index is 0.187. The summed E-state index contributed by atoms with van der Waals surface area (Å²) in [4.78, 5) is 8.01. The number of aromatic nitrogens is 2. The van der Waals surface area contributed by atoms with Crippen LogP contribution in [0.1, 0.15) is 5.56 Å². The number of hydrogen-bond donors (Lipinski definition) is 0. The minimum Gasteiger partial charge on any atom is -0.424 e. The van der Waals surface area contributed by atoms with Crippen LogP contribution in [-0.4, -0.2) is 9.97 Å². The summed E-state index contributed by atoms with van der Waals surface area (Å²) in [5, 5.41) is 0.679. The molecule has 0 bridgehead atoms. The quantitative estimate of drug-likeness (QED) is 0.773. The molecule has 0 fully saturated rings. The molecule has 2 aromatic rings. The monoisotopic (exact) mass is 360 g/mol. The van der Waals surface area contributed by atoms with Crippen LogP contribution in [0.5, 0.6) is 11.8 Å². The van der Waals surface area contributed by atoms with Crippen molar-refractivity contribution in [3.05, 3.63) is 46.4 Å². The fourth-order valence-electron chi connectivity index (χ4n) is 1.16. The van der Waals surface area contributed by atoms with Crippen LogP contribution in [0.3, 0.4) is 0 Å². The van der Waals surface area contributed by atoms with E-state index in [9.17, 15) is 4.39 Å². The third-order valence-electron chi connectivity index (χ3n) is 1.88. The molecule has 6 heteroatoms. The molecule has 0 saturated carbocycles. The van der Waals surface area contributed by atoms with Crippen LogP contribution in [0, 0.1) is 5.82 Å². The molecule has 0 unspecified atom stereocenters. The van der Waals surface area contributed by atoms with Crippen molar-refractivity contribution >= 4 is 31.9 Å². The molecule has 2 rings (SSSR count). The maximum absolute atomic E-state index is 13.1. The smallest absolute Gasteiger partial charge is 0.321 e. The average molecular weight is 362 g/mol. The van der Waals surface area contributed by atoms with Crippen LogP contribution in [0.25, 0.3) is 0 Å². The summed E-state index contributed by atoms with van der Waals surface area (Å²) in [7, 11) is 0. The van der Waals surface area contributed by atoms with Crippen molar-refractivity contribution in [2.24, 2.45) is 0 Å². The van der Waals surface area contributed by atoms with Gasteiger partial charge in [0.1, 0.15) is 11.6 Å². The van der Waals surface area contributed by atoms with Gasteiger partial charge in [-0.25, -0.2) is 14.4 Å². The summed E-state index contributed by atoms with van der Waals surface area (Å²) >= 11 is 6.47. The first-order valence-electron chi connectivity index (χ1n) is 4.68. The van der Waals surface area contributed by atoms with E-state index < -0.39 is 0 Å². The maximum atomic E-state index is 13.1. The lowest BCUT2D eigenvalue weighted by atomic mass is 10.3. The third kappa shape index (κ3) is 3.47. The Labute approximate surface area is 114 Å². The molecule has 0 atom stereocenters. The predicted octanol–water partition coefficient (Wildman–Crippen LogP) is 4.07. The minimum atomic E-state index is -0.383. The van der Waals surface area contributed by atoms with Crippen molar-refractivity contribution < 1.29 is 9.13 Å². The van der Waals surface area contributed by atoms with Gasteiger partial charge in [-0.1, -0.05) is 31.9 Å². The van der Waals surface area contributed by atoms with Gasteiger partial charge in [-0.2, -0.15) is 0 Å². The van der Waals surface area contributed by atoms with E-state index in [1.807, 2.05) is 0 Å². The zero-order valence-corrected chi connectivity index (χ0v) is 11.7. The molecule has 0 radical (unpaired) electrons. The SMILES string of the molecule is Fc1cc(Br)cc(Oc2ncc(CBr)cn2)c1. The standard InChI is InChI=1S/C11H7Br2FN2O/c12-4-7-5-15-11(16-6-7)17-10-2-8(13)1-9(14)3-10/h1-3,5-6H,4H2. The number of ether oxygens (including phenoxy) is 1. The highest BCUT2D eigenvalue weighted by atomic mass is 79.9. The zero-order valence-electron chi connectivity index (χ0n) is 8.53. The highest BCUT2D eigenvalue weighted by molar-refractivity contribution is 9.10. The van der Waals surface area contributed by atoms with Crippen LogP contribution in [-0.2, 0) is 5.33 Å². The molecule has 0 N–H and O–H groups in total. The predicted molar refractivity (Wildman–Crippen MR) is 68.8 cm³/mol. The Bertz CT molecular complexity index is 499. The Morgan fingerprint density at radius 3 is 2.47 bits per heavy atom. The van der Waals surface area contributed by atoms with E-state index in [0.29, 0.717) is 15.6 Å². The van der Waals surface area contributed by atoms with Gasteiger partial charge in [-0.05, 0) is 17.7 Å². The van der Waals surface area contributed by atoms with E-state index >= 15 is 0 Å². The highest BCUT2D eigenvalue weighted by Crippen LogP contribution is 2.23. The number of halogens is 3. The molecule has 1 aromatic carbocycles. The van der Waals surface area contributed by atoms with Crippen molar-refractivity contribution in [3.63, 3.8) is 0 Å². The Hall–Kier alpha value is -1.01. The van der Waals surface area contributed by atoms with Gasteiger partial charge in [0.2, 0.25) is 0 Å². The van der Waals surface area contributed by atoms with Gasteiger partial charge < -0.3 is 4.74 Å². The number of rotatable bonds is 3. The summed E-state index contributed by atoms with van der Waals surface area (Å²) < 4.78 is 19.0. The van der Waals surface area contributed by atoms with Crippen molar-refractivity contribution in [2.75, 3.05) is 0 Å². The molecular formula is C11H7Br2FN2O. The highest BCUT2D eigenvalue weighted by Gasteiger charge is 2.03. The lowest BCUT2D eigenvalue weighted by Gasteiger charge is -2.04. The molecule has 17 heavy (non-hydrogen) atoms. The molecule has 3 nitrogen and oxygen atoms in total. The van der Waals surface area contributed by atoms with Gasteiger partial charge in [0.15, 0.2) is 0 Å². The van der Waals surface area contributed by atoms with Crippen LogP contribution in [0.4, 0.5) is 4.39 Å². The Kier molecular flexibility index (Phi) is 4.06. The first-order valence-corrected chi connectivity index (χ1v) is 6.59. The summed E-state index contributed by atoms with van der Waals surface area (Å²) in [6.07, 6.45) is 3.29. The van der Waals surface area contributed by atoms with Crippen LogP contribution >= 0.6 is 31.9 Å². The molecular weight excluding hydrogens is 355 g/mol. The molecule has 0 aliphatic heterocycles. The van der Waals surface area contributed by atoms with Crippen LogP contribution < -0.4 is 4.74 Å². The number of hydrogen-bond acceptors (Lipinski definition) is 3. The Morgan fingerprint density at radius 1 is 1.18 bits per heavy atom. The van der Waals surface area contributed by atoms with E-state index in [4.69, 9.17) is 4.74 Å². The molecule has 0 aliphatic carbocycles. The van der Waals surface area contributed by atoms with E-state index in [2.05, 4.69) is 41.8 Å². The lowest BCUT2D eigenvalue weighted by molar-refractivity contribution is 0.437. The second-order valence-electron chi connectivity index (χ2n) is 3.21. The molecule has 0 aliphatic rings. The molecule has 88 valence electrons. The zero-order chi connectivity index (χ0) is 12.3. The van der Waals surface area contributed by atoms with Crippen LogP contribution in [0.2, 0.25) is 0 Å². The largest absolute Gasteiger partial charge is 0.424 e. The Balaban J connectivity index is 2.19. The van der Waals surface area contributed by atoms with Gasteiger partial charge in [-0.15, -0.1) is 0 Å². The van der Waals surface area contributed by atoms with Crippen molar-refractivity contribution in [1.29, 1.82) is 0 Å². The van der Waals surface area contributed by atoms with Crippen molar-refractivity contribution in [1.82, 2.24) is 9.97 Å². The fraction of sp³-hybridized carbons (Fsp3) is 0.0909. The molecule has 0 amide bonds. The van der Waals surface area contributed by atoms with Gasteiger partial charge in [0.05, 0.1) is 0 Å². The normalized spacial score (nSPS) is 10.3. The van der Waals surface area contributed by atoms with Crippen molar-refractivity contribution in [3.8, 4) is 11.8 Å². The summed E-state index contributed by atoms with van der Waals surface area (Å²) in [6, 6.07) is 4.45. The lowest BCUT2D eigenvalue weighted by Crippen LogP contribution is -1.93. The number of nitrogens with zero attached hydrogens (tertiary/aromatic N) is 2. The van der Waals surface area contributed by atoms with Gasteiger partial charge >= 0.3 is 6.01 Å². The molecule has 1 aromatic heterocycles. The van der Waals surface area contributed by atoms with E-state index in [1.165, 1.54) is 12.1 Å². The van der Waals surface area contributed by atoms with Gasteiger partial charge in [0.25, 0.3) is 0 Å². The van der Waals surface area contributed by atoms with E-state index in [-0.39, 0.29) is 11.8 Å². The second kappa shape index (κ2) is 5.55. The van der Waals surface area contributed by atoms with E-state index in [1.54, 1.807) is 18.5 Å². The van der Waals surface area contributed by atoms with Crippen molar-refractivity contribution in [2.45, 2.75) is 5.33 Å². The molecule has 1 heterocycles. The average Bonchev–Trinajstić information content (AvgIpc) is 2.28. The summed E-state index contributed by atoms with van der Waals surface area (Å²) in [5.74, 6) is -0.0325. The number of alkyl halides is 1. The van der Waals surface area contributed by atoms with E-state index in [0.717, 1.165) is 5.56 Å². The van der Waals surface area contributed by atoms with Gasteiger partial charge in [0, 0.05) is 28.3 Å². The maximum Gasteiger partial charge on any atom is 0.321 e. The van der Waals surface area contributed by atoms with Crippen LogP contribution in [0.15, 0.2) is 35.1 Å². The Morgan fingerprint density at radius 2 is 1.88 bits per heavy atom. The third-order valence-corrected chi connectivity index (χ3v) is 2.99. The fourth-order valence-corrected chi connectivity index (χ4v) is 1.89. The first kappa shape index (κ1) is 12.4. The molecule has 0 saturated heterocycles. The first-order chi connectivity index (χ1) is 8.17. The summed E-state index contributed by atoms with van der Waals surface area (Å²) in [6.45, 7) is 0.